The van der Waals surface area contributed by atoms with E-state index < -0.39 is 17.8 Å². The summed E-state index contributed by atoms with van der Waals surface area (Å²) in [5.41, 5.74) is 4.53. The average molecular weight is 648 g/mol. The van der Waals surface area contributed by atoms with E-state index in [1.807, 2.05) is 25.1 Å². The number of carboxylic acids is 1. The fourth-order valence-electron chi connectivity index (χ4n) is 5.30. The maximum Gasteiger partial charge on any atom is 0.320 e. The number of ether oxygens (including phenoxy) is 3. The Morgan fingerprint density at radius 3 is 2.72 bits per heavy atom. The fourth-order valence-corrected chi connectivity index (χ4v) is 5.54. The maximum atomic E-state index is 15.1. The van der Waals surface area contributed by atoms with Crippen LogP contribution >= 0.6 is 11.6 Å². The molecule has 0 radical (unpaired) electrons. The molecule has 0 unspecified atom stereocenters. The number of fused-ring (bicyclic) bond motifs is 3. The molecule has 11 heteroatoms. The third-order valence-electron chi connectivity index (χ3n) is 7.91. The molecule has 1 aliphatic rings. The minimum absolute atomic E-state index is 0.0950. The first kappa shape index (κ1) is 32.7. The van der Waals surface area contributed by atoms with Crippen LogP contribution in [0.5, 0.6) is 17.2 Å². The lowest BCUT2D eigenvalue weighted by atomic mass is 9.96. The van der Waals surface area contributed by atoms with Crippen molar-refractivity contribution < 1.29 is 33.3 Å². The molecule has 2 heterocycles. The van der Waals surface area contributed by atoms with Gasteiger partial charge in [0.05, 0.1) is 17.7 Å². The van der Waals surface area contributed by atoms with E-state index in [-0.39, 0.29) is 31.4 Å². The minimum Gasteiger partial charge on any atom is -0.494 e. The monoisotopic (exact) mass is 647 g/mol. The van der Waals surface area contributed by atoms with Crippen molar-refractivity contribution in [3.63, 3.8) is 0 Å². The molecule has 4 aromatic rings. The molecule has 0 saturated heterocycles. The van der Waals surface area contributed by atoms with Crippen LogP contribution in [0.1, 0.15) is 51.9 Å². The number of aliphatic carboxylic acids is 1. The van der Waals surface area contributed by atoms with Crippen molar-refractivity contribution in [3.05, 3.63) is 106 Å². The molecular formula is C35H35ClFN3O6. The Labute approximate surface area is 271 Å². The molecule has 5 rings (SSSR count). The van der Waals surface area contributed by atoms with Gasteiger partial charge >= 0.3 is 5.97 Å². The number of pyridine rings is 1. The van der Waals surface area contributed by atoms with E-state index in [0.29, 0.717) is 70.1 Å². The van der Waals surface area contributed by atoms with Crippen molar-refractivity contribution in [2.24, 2.45) is 0 Å². The second kappa shape index (κ2) is 15.1. The van der Waals surface area contributed by atoms with E-state index in [4.69, 9.17) is 25.8 Å². The molecule has 1 atom stereocenters. The summed E-state index contributed by atoms with van der Waals surface area (Å²) in [4.78, 5) is 28.8. The van der Waals surface area contributed by atoms with Crippen LogP contribution in [-0.2, 0) is 24.6 Å². The van der Waals surface area contributed by atoms with E-state index in [2.05, 4.69) is 15.6 Å². The van der Waals surface area contributed by atoms with E-state index in [0.717, 1.165) is 11.1 Å². The number of rotatable bonds is 6. The number of nitrogens with zero attached hydrogens (tertiary/aromatic N) is 1. The summed E-state index contributed by atoms with van der Waals surface area (Å²) < 4.78 is 32.6. The molecular weight excluding hydrogens is 613 g/mol. The molecule has 9 nitrogen and oxygen atoms in total. The van der Waals surface area contributed by atoms with Gasteiger partial charge in [0, 0.05) is 48.2 Å². The summed E-state index contributed by atoms with van der Waals surface area (Å²) >= 11 is 6.69. The number of amides is 1. The van der Waals surface area contributed by atoms with E-state index in [1.165, 1.54) is 13.3 Å². The second-order valence-electron chi connectivity index (χ2n) is 11.0. The zero-order valence-electron chi connectivity index (χ0n) is 25.6. The van der Waals surface area contributed by atoms with Crippen LogP contribution in [0.25, 0.3) is 11.1 Å². The Bertz CT molecular complexity index is 1730. The third kappa shape index (κ3) is 7.75. The number of hydrogen-bond donors (Lipinski definition) is 3. The molecule has 2 bridgehead atoms. The van der Waals surface area contributed by atoms with Crippen LogP contribution in [0, 0.1) is 12.7 Å². The summed E-state index contributed by atoms with van der Waals surface area (Å²) in [5, 5.41) is 16.1. The first-order chi connectivity index (χ1) is 22.2. The first-order valence-corrected chi connectivity index (χ1v) is 15.3. The Morgan fingerprint density at radius 2 is 1.91 bits per heavy atom. The first-order valence-electron chi connectivity index (χ1n) is 14.9. The van der Waals surface area contributed by atoms with Gasteiger partial charge in [0.1, 0.15) is 30.8 Å². The Morgan fingerprint density at radius 1 is 1.11 bits per heavy atom. The van der Waals surface area contributed by atoms with Gasteiger partial charge in [0.25, 0.3) is 5.91 Å². The Kier molecular flexibility index (Phi) is 10.7. The Hall–Kier alpha value is -4.67. The van der Waals surface area contributed by atoms with Crippen molar-refractivity contribution in [1.29, 1.82) is 0 Å². The molecule has 0 spiro atoms. The van der Waals surface area contributed by atoms with E-state index >= 15 is 4.39 Å². The maximum absolute atomic E-state index is 15.1. The number of carbonyl (C=O) groups is 2. The van der Waals surface area contributed by atoms with Crippen LogP contribution < -0.4 is 24.8 Å². The minimum atomic E-state index is -0.967. The van der Waals surface area contributed by atoms with Gasteiger partial charge in [-0.05, 0) is 61.1 Å². The molecule has 1 aromatic heterocycles. The number of carbonyl (C=O) groups excluding carboxylic acids is 1. The number of hydrogen-bond acceptors (Lipinski definition) is 7. The van der Waals surface area contributed by atoms with Crippen LogP contribution in [0.2, 0.25) is 5.02 Å². The summed E-state index contributed by atoms with van der Waals surface area (Å²) in [7, 11) is 1.43. The molecule has 46 heavy (non-hydrogen) atoms. The predicted octanol–water partition coefficient (Wildman–Crippen LogP) is 6.47. The summed E-state index contributed by atoms with van der Waals surface area (Å²) in [6, 6.07) is 14.9. The predicted molar refractivity (Wildman–Crippen MR) is 172 cm³/mol. The zero-order chi connectivity index (χ0) is 32.6. The topological polar surface area (TPSA) is 119 Å². The SMILES string of the molecule is COc1cccc(-c2cccc(COc3cc4c(cc3Cl)CN[C@H](C(=O)O)CCCCNC(=O)c3cncc(c3)CO4)c2C)c1F. The van der Waals surface area contributed by atoms with Crippen molar-refractivity contribution in [2.45, 2.75) is 52.0 Å². The standard InChI is InChI=1S/C35H35ClFN3O6/c1-21-23(7-5-8-26(21)27-9-6-11-30(44-2)33(27)37)20-46-32-15-31-24(14-28(32)36)18-40-29(35(42)43)10-3-4-12-39-34(41)25-13-22(19-45-31)16-38-17-25/h5-9,11,13-17,29,40H,3-4,10,12,18-20H2,1-2H3,(H,39,41)(H,42,43)/t29-/m0/s1. The van der Waals surface area contributed by atoms with Crippen LogP contribution in [0.4, 0.5) is 4.39 Å². The fraction of sp³-hybridized carbons (Fsp3) is 0.286. The molecule has 0 aliphatic carbocycles. The number of methoxy groups -OCH3 is 1. The number of carboxylic acid groups (broad SMARTS) is 1. The van der Waals surface area contributed by atoms with Crippen LogP contribution in [0.15, 0.2) is 67.0 Å². The molecule has 1 aliphatic heterocycles. The van der Waals surface area contributed by atoms with Crippen LogP contribution in [0.3, 0.4) is 0 Å². The van der Waals surface area contributed by atoms with E-state index in [1.54, 1.807) is 42.6 Å². The molecule has 3 N–H and O–H groups in total. The third-order valence-corrected chi connectivity index (χ3v) is 8.21. The summed E-state index contributed by atoms with van der Waals surface area (Å²) in [5.74, 6) is -0.716. The van der Waals surface area contributed by atoms with Gasteiger partial charge in [-0.15, -0.1) is 0 Å². The molecule has 0 saturated carbocycles. The normalized spacial score (nSPS) is 15.7. The molecule has 3 aromatic carbocycles. The van der Waals surface area contributed by atoms with Crippen molar-refractivity contribution in [3.8, 4) is 28.4 Å². The van der Waals surface area contributed by atoms with Crippen molar-refractivity contribution in [1.82, 2.24) is 15.6 Å². The van der Waals surface area contributed by atoms with Gasteiger partial charge < -0.3 is 30.0 Å². The lowest BCUT2D eigenvalue weighted by Gasteiger charge is -2.19. The molecule has 240 valence electrons. The second-order valence-corrected chi connectivity index (χ2v) is 11.4. The quantitative estimate of drug-likeness (QED) is 0.218. The van der Waals surface area contributed by atoms with Gasteiger partial charge in [-0.1, -0.05) is 41.9 Å². The van der Waals surface area contributed by atoms with Gasteiger partial charge in [-0.2, -0.15) is 0 Å². The number of benzene rings is 3. The number of aromatic nitrogens is 1. The van der Waals surface area contributed by atoms with Crippen molar-refractivity contribution in [2.75, 3.05) is 13.7 Å². The number of halogens is 2. The highest BCUT2D eigenvalue weighted by molar-refractivity contribution is 6.32. The van der Waals surface area contributed by atoms with Gasteiger partial charge in [0.2, 0.25) is 0 Å². The van der Waals surface area contributed by atoms with Gasteiger partial charge in [-0.3, -0.25) is 14.6 Å². The molecule has 1 amide bonds. The lowest BCUT2D eigenvalue weighted by Crippen LogP contribution is -2.36. The number of nitrogens with one attached hydrogen (secondary N) is 2. The van der Waals surface area contributed by atoms with E-state index in [9.17, 15) is 14.7 Å². The van der Waals surface area contributed by atoms with Crippen molar-refractivity contribution >= 4 is 23.5 Å². The van der Waals surface area contributed by atoms with Crippen LogP contribution in [-0.4, -0.2) is 41.7 Å². The smallest absolute Gasteiger partial charge is 0.320 e. The largest absolute Gasteiger partial charge is 0.494 e. The highest BCUT2D eigenvalue weighted by Crippen LogP contribution is 2.36. The lowest BCUT2D eigenvalue weighted by molar-refractivity contribution is -0.139. The average Bonchev–Trinajstić information content (AvgIpc) is 3.05. The van der Waals surface area contributed by atoms with Gasteiger partial charge in [-0.25, -0.2) is 4.39 Å². The highest BCUT2D eigenvalue weighted by Gasteiger charge is 2.20. The Balaban J connectivity index is 1.42. The summed E-state index contributed by atoms with van der Waals surface area (Å²) in [6.45, 7) is 2.75. The highest BCUT2D eigenvalue weighted by atomic mass is 35.5. The van der Waals surface area contributed by atoms with Gasteiger partial charge in [0.15, 0.2) is 11.6 Å². The summed E-state index contributed by atoms with van der Waals surface area (Å²) in [6.07, 6.45) is 4.72. The molecule has 0 fully saturated rings. The zero-order valence-corrected chi connectivity index (χ0v) is 26.3.